The van der Waals surface area contributed by atoms with E-state index in [1.807, 2.05) is 0 Å². The summed E-state index contributed by atoms with van der Waals surface area (Å²) >= 11 is 1.13. The van der Waals surface area contributed by atoms with Gasteiger partial charge in [0.25, 0.3) is 11.2 Å². The fourth-order valence-corrected chi connectivity index (χ4v) is 5.06. The van der Waals surface area contributed by atoms with Crippen molar-refractivity contribution in [1.29, 1.82) is 0 Å². The van der Waals surface area contributed by atoms with Crippen molar-refractivity contribution in [2.24, 2.45) is 4.99 Å². The first kappa shape index (κ1) is 24.9. The monoisotopic (exact) mass is 509 g/mol. The van der Waals surface area contributed by atoms with E-state index in [0.717, 1.165) is 11.3 Å². The number of methoxy groups -OCH3 is 2. The van der Waals surface area contributed by atoms with Crippen LogP contribution in [-0.4, -0.2) is 36.3 Å². The van der Waals surface area contributed by atoms with Crippen molar-refractivity contribution in [1.82, 2.24) is 4.57 Å². The second-order valence-corrected chi connectivity index (χ2v) is 8.78. The molecule has 4 rings (SSSR count). The zero-order valence-electron chi connectivity index (χ0n) is 20.0. The molecule has 0 saturated carbocycles. The Bertz CT molecular complexity index is 1570. The lowest BCUT2D eigenvalue weighted by Crippen LogP contribution is -2.39. The summed E-state index contributed by atoms with van der Waals surface area (Å²) in [6.45, 7) is 3.55. The van der Waals surface area contributed by atoms with E-state index in [0.29, 0.717) is 37.7 Å². The third kappa shape index (κ3) is 4.52. The van der Waals surface area contributed by atoms with Gasteiger partial charge in [-0.15, -0.1) is 0 Å². The van der Waals surface area contributed by atoms with Crippen LogP contribution >= 0.6 is 11.3 Å². The van der Waals surface area contributed by atoms with Gasteiger partial charge < -0.3 is 14.2 Å². The van der Waals surface area contributed by atoms with Crippen LogP contribution in [0.15, 0.2) is 63.5 Å². The van der Waals surface area contributed by atoms with Gasteiger partial charge >= 0.3 is 5.97 Å². The molecule has 0 bridgehead atoms. The number of aromatic nitrogens is 1. The summed E-state index contributed by atoms with van der Waals surface area (Å²) in [5, 5.41) is 11.2. The average Bonchev–Trinajstić information content (AvgIpc) is 3.17. The number of nitrogens with zero attached hydrogens (tertiary/aromatic N) is 3. The van der Waals surface area contributed by atoms with Crippen molar-refractivity contribution >= 4 is 29.1 Å². The quantitative estimate of drug-likeness (QED) is 0.273. The lowest BCUT2D eigenvalue weighted by molar-refractivity contribution is -0.384. The summed E-state index contributed by atoms with van der Waals surface area (Å²) in [5.41, 5.74) is 1.29. The number of rotatable bonds is 7. The fraction of sp³-hybridized carbons (Fsp3) is 0.240. The van der Waals surface area contributed by atoms with Crippen LogP contribution in [0.1, 0.15) is 31.0 Å². The third-order valence-corrected chi connectivity index (χ3v) is 6.60. The Labute approximate surface area is 209 Å². The summed E-state index contributed by atoms with van der Waals surface area (Å²) < 4.78 is 17.8. The maximum atomic E-state index is 13.6. The van der Waals surface area contributed by atoms with Crippen LogP contribution < -0.4 is 24.4 Å². The molecule has 0 saturated heterocycles. The topological polar surface area (TPSA) is 122 Å². The maximum Gasteiger partial charge on any atom is 0.338 e. The highest BCUT2D eigenvalue weighted by atomic mass is 32.1. The van der Waals surface area contributed by atoms with E-state index in [4.69, 9.17) is 14.2 Å². The van der Waals surface area contributed by atoms with Gasteiger partial charge in [-0.1, -0.05) is 29.5 Å². The van der Waals surface area contributed by atoms with Crippen molar-refractivity contribution in [3.63, 3.8) is 0 Å². The number of esters is 1. The van der Waals surface area contributed by atoms with Crippen LogP contribution in [0.25, 0.3) is 6.08 Å². The summed E-state index contributed by atoms with van der Waals surface area (Å²) in [7, 11) is 3.02. The first-order valence-corrected chi connectivity index (χ1v) is 11.8. The van der Waals surface area contributed by atoms with Gasteiger partial charge in [0.15, 0.2) is 16.3 Å². The molecule has 0 spiro atoms. The molecule has 0 amide bonds. The minimum absolute atomic E-state index is 0.0832. The van der Waals surface area contributed by atoms with Crippen molar-refractivity contribution in [3.05, 3.63) is 94.7 Å². The SMILES string of the molecule is CCOC(=O)C1=C(C)N=c2sc(=Cc3cccc([N+](=O)[O-])c3)c(=O)n2C1c1ccc(OC)c(OC)c1. The number of carbonyl (C=O) groups is 1. The van der Waals surface area contributed by atoms with Gasteiger partial charge in [-0.2, -0.15) is 0 Å². The number of hydrogen-bond acceptors (Lipinski definition) is 9. The van der Waals surface area contributed by atoms with Crippen molar-refractivity contribution in [2.45, 2.75) is 19.9 Å². The van der Waals surface area contributed by atoms with E-state index in [-0.39, 0.29) is 23.4 Å². The molecule has 1 aliphatic rings. The van der Waals surface area contributed by atoms with Gasteiger partial charge in [0.05, 0.1) is 47.6 Å². The van der Waals surface area contributed by atoms with E-state index in [1.165, 1.54) is 30.9 Å². The lowest BCUT2D eigenvalue weighted by Gasteiger charge is -2.25. The van der Waals surface area contributed by atoms with E-state index in [9.17, 15) is 19.7 Å². The normalized spacial score (nSPS) is 15.2. The van der Waals surface area contributed by atoms with E-state index in [1.54, 1.807) is 50.3 Å². The van der Waals surface area contributed by atoms with Crippen molar-refractivity contribution in [3.8, 4) is 11.5 Å². The highest BCUT2D eigenvalue weighted by Crippen LogP contribution is 2.36. The second kappa shape index (κ2) is 10.2. The zero-order valence-corrected chi connectivity index (χ0v) is 20.8. The predicted molar refractivity (Wildman–Crippen MR) is 133 cm³/mol. The first-order valence-electron chi connectivity index (χ1n) is 10.9. The zero-order chi connectivity index (χ0) is 26.0. The molecule has 0 radical (unpaired) electrons. The number of carbonyl (C=O) groups excluding carboxylic acids is 1. The summed E-state index contributed by atoms with van der Waals surface area (Å²) in [5.74, 6) is 0.357. The lowest BCUT2D eigenvalue weighted by atomic mass is 9.95. The first-order chi connectivity index (χ1) is 17.3. The van der Waals surface area contributed by atoms with Gasteiger partial charge in [-0.05, 0) is 43.2 Å². The molecule has 1 atom stereocenters. The summed E-state index contributed by atoms with van der Waals surface area (Å²) in [6, 6.07) is 10.3. The van der Waals surface area contributed by atoms with Gasteiger partial charge in [-0.3, -0.25) is 19.5 Å². The summed E-state index contributed by atoms with van der Waals surface area (Å²) in [4.78, 5) is 42.2. The number of nitro benzene ring substituents is 1. The van der Waals surface area contributed by atoms with Crippen LogP contribution in [-0.2, 0) is 9.53 Å². The van der Waals surface area contributed by atoms with Gasteiger partial charge in [0, 0.05) is 12.1 Å². The van der Waals surface area contributed by atoms with E-state index < -0.39 is 16.9 Å². The molecule has 2 aromatic carbocycles. The molecule has 1 unspecified atom stereocenters. The smallest absolute Gasteiger partial charge is 0.338 e. The number of fused-ring (bicyclic) bond motifs is 1. The molecule has 1 aliphatic heterocycles. The minimum atomic E-state index is -0.827. The Morgan fingerprint density at radius 1 is 1.19 bits per heavy atom. The summed E-state index contributed by atoms with van der Waals surface area (Å²) in [6.07, 6.45) is 1.58. The van der Waals surface area contributed by atoms with Crippen molar-refractivity contribution in [2.75, 3.05) is 20.8 Å². The highest BCUT2D eigenvalue weighted by molar-refractivity contribution is 7.07. The maximum absolute atomic E-state index is 13.6. The predicted octanol–water partition coefficient (Wildman–Crippen LogP) is 2.72. The molecule has 0 N–H and O–H groups in total. The molecule has 0 fully saturated rings. The molecule has 11 heteroatoms. The second-order valence-electron chi connectivity index (χ2n) is 7.77. The largest absolute Gasteiger partial charge is 0.493 e. The highest BCUT2D eigenvalue weighted by Gasteiger charge is 2.33. The molecule has 0 aliphatic carbocycles. The van der Waals surface area contributed by atoms with Crippen LogP contribution in [0, 0.1) is 10.1 Å². The minimum Gasteiger partial charge on any atom is -0.493 e. The number of ether oxygens (including phenoxy) is 3. The van der Waals surface area contributed by atoms with Crippen molar-refractivity contribution < 1.29 is 23.9 Å². The van der Waals surface area contributed by atoms with Crippen LogP contribution in [0.2, 0.25) is 0 Å². The third-order valence-electron chi connectivity index (χ3n) is 5.62. The Hall–Kier alpha value is -4.25. The molecule has 2 heterocycles. The fourth-order valence-electron chi connectivity index (χ4n) is 4.01. The number of thiazole rings is 1. The number of hydrogen-bond donors (Lipinski definition) is 0. The molecular formula is C25H23N3O7S. The average molecular weight is 510 g/mol. The van der Waals surface area contributed by atoms with Gasteiger partial charge in [-0.25, -0.2) is 9.79 Å². The van der Waals surface area contributed by atoms with Gasteiger partial charge in [0.1, 0.15) is 0 Å². The molecule has 1 aromatic heterocycles. The van der Waals surface area contributed by atoms with E-state index >= 15 is 0 Å². The molecule has 3 aromatic rings. The molecule has 36 heavy (non-hydrogen) atoms. The van der Waals surface area contributed by atoms with Gasteiger partial charge in [0.2, 0.25) is 0 Å². The molecular weight excluding hydrogens is 486 g/mol. The number of allylic oxidation sites excluding steroid dienone is 1. The van der Waals surface area contributed by atoms with Crippen LogP contribution in [0.3, 0.4) is 0 Å². The molecule has 10 nitrogen and oxygen atoms in total. The Kier molecular flexibility index (Phi) is 7.02. The Balaban J connectivity index is 1.96. The van der Waals surface area contributed by atoms with Crippen LogP contribution in [0.4, 0.5) is 5.69 Å². The molecule has 186 valence electrons. The number of nitro groups is 1. The number of benzene rings is 2. The Morgan fingerprint density at radius 3 is 2.61 bits per heavy atom. The number of non-ortho nitro benzene ring substituents is 1. The van der Waals surface area contributed by atoms with E-state index in [2.05, 4.69) is 4.99 Å². The van der Waals surface area contributed by atoms with Crippen LogP contribution in [0.5, 0.6) is 11.5 Å². The Morgan fingerprint density at radius 2 is 1.94 bits per heavy atom. The standard InChI is InChI=1S/C25H23N3O7S/c1-5-35-24(30)21-14(2)26-25-27(22(21)16-9-10-18(33-3)19(13-16)34-4)23(29)20(36-25)12-15-7-6-8-17(11-15)28(31)32/h6-13,22H,5H2,1-4H3.